The summed E-state index contributed by atoms with van der Waals surface area (Å²) in [5.74, 6) is 0.746. The molecule has 3 aromatic rings. The van der Waals surface area contributed by atoms with Gasteiger partial charge in [-0.1, -0.05) is 24.3 Å². The Bertz CT molecular complexity index is 854. The second-order valence-corrected chi connectivity index (χ2v) is 6.37. The lowest BCUT2D eigenvalue weighted by Gasteiger charge is -2.25. The Morgan fingerprint density at radius 3 is 2.76 bits per heavy atom. The molecule has 1 aliphatic rings. The number of nitrogens with one attached hydrogen (secondary N) is 1. The van der Waals surface area contributed by atoms with E-state index < -0.39 is 0 Å². The fraction of sp³-hybridized carbons (Fsp3) is 0.300. The SMILES string of the molecule is O=C(NCC(c1ccco1)N1CCCC1)c1ccc2ccccc2n1. The van der Waals surface area contributed by atoms with Crippen LogP contribution in [0.2, 0.25) is 0 Å². The van der Waals surface area contributed by atoms with Crippen molar-refractivity contribution in [3.05, 3.63) is 66.2 Å². The molecule has 1 aromatic carbocycles. The van der Waals surface area contributed by atoms with E-state index >= 15 is 0 Å². The number of carbonyl (C=O) groups is 1. The van der Waals surface area contributed by atoms with Crippen LogP contribution in [0.3, 0.4) is 0 Å². The van der Waals surface area contributed by atoms with Gasteiger partial charge in [0.1, 0.15) is 11.5 Å². The maximum Gasteiger partial charge on any atom is 0.269 e. The minimum absolute atomic E-state index is 0.0712. The Balaban J connectivity index is 1.48. The van der Waals surface area contributed by atoms with Crippen LogP contribution < -0.4 is 5.32 Å². The van der Waals surface area contributed by atoms with Crippen LogP contribution in [0.1, 0.15) is 35.1 Å². The van der Waals surface area contributed by atoms with E-state index in [0.29, 0.717) is 12.2 Å². The van der Waals surface area contributed by atoms with Crippen molar-refractivity contribution < 1.29 is 9.21 Å². The van der Waals surface area contributed by atoms with Crippen LogP contribution in [-0.2, 0) is 0 Å². The van der Waals surface area contributed by atoms with Crippen LogP contribution in [0.4, 0.5) is 0 Å². The van der Waals surface area contributed by atoms with Gasteiger partial charge in [-0.2, -0.15) is 0 Å². The van der Waals surface area contributed by atoms with Crippen molar-refractivity contribution in [2.75, 3.05) is 19.6 Å². The zero-order valence-electron chi connectivity index (χ0n) is 14.0. The number of aromatic nitrogens is 1. The summed E-state index contributed by atoms with van der Waals surface area (Å²) in [5.41, 5.74) is 1.27. The summed E-state index contributed by atoms with van der Waals surface area (Å²) in [6.07, 6.45) is 4.07. The van der Waals surface area contributed by atoms with Gasteiger partial charge in [0.25, 0.3) is 5.91 Å². The number of nitrogens with zero attached hydrogens (tertiary/aromatic N) is 2. The number of benzene rings is 1. The number of fused-ring (bicyclic) bond motifs is 1. The molecule has 0 bridgehead atoms. The van der Waals surface area contributed by atoms with E-state index in [1.54, 1.807) is 12.3 Å². The first kappa shape index (κ1) is 15.8. The molecule has 1 aliphatic heterocycles. The second kappa shape index (κ2) is 7.07. The lowest BCUT2D eigenvalue weighted by Crippen LogP contribution is -2.36. The zero-order chi connectivity index (χ0) is 17.1. The summed E-state index contributed by atoms with van der Waals surface area (Å²) >= 11 is 0. The molecule has 5 nitrogen and oxygen atoms in total. The molecule has 1 atom stereocenters. The molecule has 1 saturated heterocycles. The number of hydrogen-bond acceptors (Lipinski definition) is 4. The van der Waals surface area contributed by atoms with E-state index in [4.69, 9.17) is 4.42 Å². The predicted octanol–water partition coefficient (Wildman–Crippen LogP) is 3.39. The normalized spacial score (nSPS) is 16.2. The molecule has 3 heterocycles. The van der Waals surface area contributed by atoms with Crippen LogP contribution in [0.25, 0.3) is 10.9 Å². The molecule has 1 amide bonds. The van der Waals surface area contributed by atoms with E-state index in [1.807, 2.05) is 42.5 Å². The van der Waals surface area contributed by atoms with Gasteiger partial charge in [0.2, 0.25) is 0 Å². The predicted molar refractivity (Wildman–Crippen MR) is 96.3 cm³/mol. The molecule has 0 aliphatic carbocycles. The Morgan fingerprint density at radius 1 is 1.12 bits per heavy atom. The first-order chi connectivity index (χ1) is 12.3. The molecule has 128 valence electrons. The standard InChI is InChI=1S/C20H21N3O2/c24-20(17-10-9-15-6-1-2-7-16(15)22-17)21-14-18(19-8-5-13-25-19)23-11-3-4-12-23/h1-2,5-10,13,18H,3-4,11-12,14H2,(H,21,24). The third-order valence-corrected chi connectivity index (χ3v) is 4.74. The number of pyridine rings is 1. The van der Waals surface area contributed by atoms with Gasteiger partial charge >= 0.3 is 0 Å². The van der Waals surface area contributed by atoms with Crippen molar-refractivity contribution in [1.29, 1.82) is 0 Å². The first-order valence-electron chi connectivity index (χ1n) is 8.73. The maximum absolute atomic E-state index is 12.6. The highest BCUT2D eigenvalue weighted by molar-refractivity contribution is 5.94. The topological polar surface area (TPSA) is 58.4 Å². The molecule has 0 spiro atoms. The monoisotopic (exact) mass is 335 g/mol. The van der Waals surface area contributed by atoms with Gasteiger partial charge in [-0.05, 0) is 50.2 Å². The number of rotatable bonds is 5. The molecule has 1 fully saturated rings. The molecule has 1 unspecified atom stereocenters. The highest BCUT2D eigenvalue weighted by Crippen LogP contribution is 2.25. The number of para-hydroxylation sites is 1. The summed E-state index contributed by atoms with van der Waals surface area (Å²) in [5, 5.41) is 4.06. The van der Waals surface area contributed by atoms with Crippen molar-refractivity contribution in [3.8, 4) is 0 Å². The first-order valence-corrected chi connectivity index (χ1v) is 8.73. The van der Waals surface area contributed by atoms with Gasteiger partial charge in [-0.25, -0.2) is 4.98 Å². The van der Waals surface area contributed by atoms with E-state index in [0.717, 1.165) is 29.8 Å². The summed E-state index contributed by atoms with van der Waals surface area (Å²) in [4.78, 5) is 19.4. The lowest BCUT2D eigenvalue weighted by atomic mass is 10.1. The zero-order valence-corrected chi connectivity index (χ0v) is 14.0. The third kappa shape index (κ3) is 3.42. The van der Waals surface area contributed by atoms with Crippen LogP contribution in [0.5, 0.6) is 0 Å². The largest absolute Gasteiger partial charge is 0.468 e. The third-order valence-electron chi connectivity index (χ3n) is 4.74. The van der Waals surface area contributed by atoms with Gasteiger partial charge in [0.15, 0.2) is 0 Å². The maximum atomic E-state index is 12.6. The van der Waals surface area contributed by atoms with E-state index in [9.17, 15) is 4.79 Å². The number of furan rings is 1. The highest BCUT2D eigenvalue weighted by atomic mass is 16.3. The number of amides is 1. The number of carbonyl (C=O) groups excluding carboxylic acids is 1. The Kier molecular flexibility index (Phi) is 4.48. The molecule has 0 saturated carbocycles. The summed E-state index contributed by atoms with van der Waals surface area (Å²) in [6.45, 7) is 2.59. The average Bonchev–Trinajstić information content (AvgIpc) is 3.36. The molecular formula is C20H21N3O2. The van der Waals surface area contributed by atoms with Crippen LogP contribution in [-0.4, -0.2) is 35.4 Å². The summed E-state index contributed by atoms with van der Waals surface area (Å²) < 4.78 is 5.60. The van der Waals surface area contributed by atoms with Gasteiger partial charge < -0.3 is 9.73 Å². The van der Waals surface area contributed by atoms with E-state index in [-0.39, 0.29) is 11.9 Å². The molecule has 5 heteroatoms. The van der Waals surface area contributed by atoms with Gasteiger partial charge in [0, 0.05) is 11.9 Å². The van der Waals surface area contributed by atoms with Crippen LogP contribution in [0.15, 0.2) is 59.2 Å². The number of hydrogen-bond donors (Lipinski definition) is 1. The van der Waals surface area contributed by atoms with Crippen LogP contribution in [0, 0.1) is 0 Å². The summed E-state index contributed by atoms with van der Waals surface area (Å²) in [7, 11) is 0. The summed E-state index contributed by atoms with van der Waals surface area (Å²) in [6, 6.07) is 15.4. The minimum atomic E-state index is -0.151. The fourth-order valence-corrected chi connectivity index (χ4v) is 3.42. The van der Waals surface area contributed by atoms with Crippen LogP contribution >= 0.6 is 0 Å². The van der Waals surface area contributed by atoms with Crippen molar-refractivity contribution >= 4 is 16.8 Å². The quantitative estimate of drug-likeness (QED) is 0.776. The molecule has 4 rings (SSSR count). The Labute approximate surface area is 146 Å². The second-order valence-electron chi connectivity index (χ2n) is 6.37. The van der Waals surface area contributed by atoms with Gasteiger partial charge in [-0.15, -0.1) is 0 Å². The molecule has 25 heavy (non-hydrogen) atoms. The molecule has 0 radical (unpaired) electrons. The Morgan fingerprint density at radius 2 is 1.96 bits per heavy atom. The average molecular weight is 335 g/mol. The highest BCUT2D eigenvalue weighted by Gasteiger charge is 2.26. The lowest BCUT2D eigenvalue weighted by molar-refractivity contribution is 0.0929. The van der Waals surface area contributed by atoms with Crippen molar-refractivity contribution in [2.24, 2.45) is 0 Å². The van der Waals surface area contributed by atoms with Gasteiger partial charge in [0.05, 0.1) is 17.8 Å². The van der Waals surface area contributed by atoms with E-state index in [1.165, 1.54) is 12.8 Å². The van der Waals surface area contributed by atoms with Crippen molar-refractivity contribution in [2.45, 2.75) is 18.9 Å². The molecule has 1 N–H and O–H groups in total. The van der Waals surface area contributed by atoms with Crippen molar-refractivity contribution in [3.63, 3.8) is 0 Å². The fourth-order valence-electron chi connectivity index (χ4n) is 3.42. The minimum Gasteiger partial charge on any atom is -0.468 e. The molecular weight excluding hydrogens is 314 g/mol. The Hall–Kier alpha value is -2.66. The smallest absolute Gasteiger partial charge is 0.269 e. The molecule has 2 aromatic heterocycles. The van der Waals surface area contributed by atoms with E-state index in [2.05, 4.69) is 15.2 Å². The van der Waals surface area contributed by atoms with Crippen molar-refractivity contribution in [1.82, 2.24) is 15.2 Å². The van der Waals surface area contributed by atoms with Gasteiger partial charge in [-0.3, -0.25) is 9.69 Å². The number of likely N-dealkylation sites (tertiary alicyclic amines) is 1.